The Balaban J connectivity index is 2.21. The molecule has 2 rings (SSSR count). The topological polar surface area (TPSA) is 77.2 Å². The molecule has 0 aliphatic carbocycles. The first-order valence-electron chi connectivity index (χ1n) is 6.32. The zero-order valence-electron chi connectivity index (χ0n) is 11.3. The number of nitrogens with two attached hydrogens (primary N) is 1. The van der Waals surface area contributed by atoms with Crippen LogP contribution in [-0.4, -0.2) is 47.0 Å². The molecule has 6 nitrogen and oxygen atoms in total. The molecular formula is C13H17N5OS. The Morgan fingerprint density at radius 1 is 1.25 bits per heavy atom. The lowest BCUT2D eigenvalue weighted by Gasteiger charge is -2.21. The largest absolute Gasteiger partial charge is 0.393 e. The second-order valence-corrected chi connectivity index (χ2v) is 4.82. The van der Waals surface area contributed by atoms with Crippen LogP contribution >= 0.6 is 12.2 Å². The lowest BCUT2D eigenvalue weighted by molar-refractivity contribution is 0.205. The van der Waals surface area contributed by atoms with E-state index in [2.05, 4.69) is 15.2 Å². The van der Waals surface area contributed by atoms with Crippen molar-refractivity contribution in [2.24, 2.45) is 5.73 Å². The molecule has 2 N–H and O–H groups in total. The van der Waals surface area contributed by atoms with E-state index in [1.807, 2.05) is 29.2 Å². The molecule has 106 valence electrons. The highest BCUT2D eigenvalue weighted by Gasteiger charge is 2.11. The number of aromatic nitrogens is 3. The van der Waals surface area contributed by atoms with Crippen LogP contribution < -0.4 is 10.6 Å². The molecule has 1 heterocycles. The van der Waals surface area contributed by atoms with Gasteiger partial charge in [0, 0.05) is 26.6 Å². The van der Waals surface area contributed by atoms with Crippen LogP contribution in [0.25, 0.3) is 11.0 Å². The number of anilines is 1. The molecule has 0 atom stereocenters. The van der Waals surface area contributed by atoms with Crippen molar-refractivity contribution in [3.63, 3.8) is 0 Å². The smallest absolute Gasteiger partial charge is 0.246 e. The molecule has 0 radical (unpaired) electrons. The molecule has 2 aromatic rings. The lowest BCUT2D eigenvalue weighted by Crippen LogP contribution is -2.32. The average Bonchev–Trinajstić information content (AvgIpc) is 2.46. The van der Waals surface area contributed by atoms with Crippen molar-refractivity contribution in [3.05, 3.63) is 24.3 Å². The van der Waals surface area contributed by atoms with E-state index in [0.29, 0.717) is 37.1 Å². The van der Waals surface area contributed by atoms with Gasteiger partial charge in [-0.1, -0.05) is 24.4 Å². The van der Waals surface area contributed by atoms with Crippen molar-refractivity contribution in [1.29, 1.82) is 0 Å². The molecule has 1 aromatic heterocycles. The minimum absolute atomic E-state index is 0.473. The number of benzene rings is 1. The summed E-state index contributed by atoms with van der Waals surface area (Å²) in [4.78, 5) is 6.97. The summed E-state index contributed by atoms with van der Waals surface area (Å²) in [7, 11) is 1.66. The third-order valence-electron chi connectivity index (χ3n) is 2.83. The Morgan fingerprint density at radius 2 is 2.00 bits per heavy atom. The second-order valence-electron chi connectivity index (χ2n) is 4.30. The number of hydrogen-bond acceptors (Lipinski definition) is 6. The molecule has 0 saturated heterocycles. The van der Waals surface area contributed by atoms with E-state index in [0.717, 1.165) is 11.0 Å². The molecule has 7 heteroatoms. The van der Waals surface area contributed by atoms with Crippen molar-refractivity contribution in [2.75, 3.05) is 31.7 Å². The predicted molar refractivity (Wildman–Crippen MR) is 82.8 cm³/mol. The van der Waals surface area contributed by atoms with Gasteiger partial charge in [0.25, 0.3) is 0 Å². The summed E-state index contributed by atoms with van der Waals surface area (Å²) in [6, 6.07) is 7.63. The summed E-state index contributed by atoms with van der Waals surface area (Å²) >= 11 is 4.92. The van der Waals surface area contributed by atoms with Gasteiger partial charge in [0.1, 0.15) is 5.52 Å². The maximum absolute atomic E-state index is 5.56. The Morgan fingerprint density at radius 3 is 2.70 bits per heavy atom. The number of nitrogens with zero attached hydrogens (tertiary/aromatic N) is 4. The first-order valence-corrected chi connectivity index (χ1v) is 6.73. The molecule has 0 unspecified atom stereocenters. The van der Waals surface area contributed by atoms with Gasteiger partial charge in [-0.05, 0) is 12.1 Å². The van der Waals surface area contributed by atoms with E-state index in [4.69, 9.17) is 22.7 Å². The zero-order chi connectivity index (χ0) is 14.4. The van der Waals surface area contributed by atoms with Gasteiger partial charge in [-0.3, -0.25) is 0 Å². The molecule has 20 heavy (non-hydrogen) atoms. The lowest BCUT2D eigenvalue weighted by atomic mass is 10.3. The number of thiocarbonyl (C=S) groups is 1. The first-order chi connectivity index (χ1) is 9.70. The monoisotopic (exact) mass is 291 g/mol. The van der Waals surface area contributed by atoms with Gasteiger partial charge >= 0.3 is 0 Å². The molecule has 0 amide bonds. The molecule has 0 bridgehead atoms. The van der Waals surface area contributed by atoms with E-state index in [-0.39, 0.29) is 0 Å². The van der Waals surface area contributed by atoms with Crippen molar-refractivity contribution in [2.45, 2.75) is 6.42 Å². The van der Waals surface area contributed by atoms with Gasteiger partial charge in [-0.2, -0.15) is 0 Å². The fourth-order valence-electron chi connectivity index (χ4n) is 1.76. The number of ether oxygens (including phenoxy) is 1. The van der Waals surface area contributed by atoms with Gasteiger partial charge < -0.3 is 15.4 Å². The normalized spacial score (nSPS) is 10.7. The number of para-hydroxylation sites is 1. The minimum atomic E-state index is 0.473. The number of hydrogen-bond donors (Lipinski definition) is 1. The van der Waals surface area contributed by atoms with E-state index >= 15 is 0 Å². The Bertz CT molecular complexity index is 592. The molecule has 0 aliphatic rings. The van der Waals surface area contributed by atoms with Crippen molar-refractivity contribution >= 4 is 34.2 Å². The predicted octanol–water partition coefficient (Wildman–Crippen LogP) is 1.15. The third-order valence-corrected chi connectivity index (χ3v) is 3.03. The van der Waals surface area contributed by atoms with E-state index in [1.165, 1.54) is 0 Å². The van der Waals surface area contributed by atoms with Crippen LogP contribution in [0.3, 0.4) is 0 Å². The standard InChI is InChI=1S/C13H17N5OS/c1-19-9-8-18(7-6-12(14)20)13-15-10-4-2-3-5-11(10)16-17-13/h2-5H,6-9H2,1H3,(H2,14,20). The highest BCUT2D eigenvalue weighted by Crippen LogP contribution is 2.12. The fourth-order valence-corrected chi connectivity index (χ4v) is 1.86. The van der Waals surface area contributed by atoms with E-state index < -0.39 is 0 Å². The van der Waals surface area contributed by atoms with Gasteiger partial charge in [0.15, 0.2) is 0 Å². The van der Waals surface area contributed by atoms with Gasteiger partial charge in [-0.15, -0.1) is 10.2 Å². The van der Waals surface area contributed by atoms with Crippen molar-refractivity contribution in [1.82, 2.24) is 15.2 Å². The minimum Gasteiger partial charge on any atom is -0.393 e. The molecule has 0 spiro atoms. The molecule has 0 aliphatic heterocycles. The molecule has 0 saturated carbocycles. The van der Waals surface area contributed by atoms with Crippen LogP contribution in [0.1, 0.15) is 6.42 Å². The number of rotatable bonds is 7. The molecular weight excluding hydrogens is 274 g/mol. The highest BCUT2D eigenvalue weighted by atomic mass is 32.1. The Hall–Kier alpha value is -1.86. The summed E-state index contributed by atoms with van der Waals surface area (Å²) in [6.45, 7) is 1.89. The Labute approximate surface area is 123 Å². The summed E-state index contributed by atoms with van der Waals surface area (Å²) in [6.07, 6.45) is 0.606. The Kier molecular flexibility index (Phi) is 5.14. The zero-order valence-corrected chi connectivity index (χ0v) is 12.1. The number of fused-ring (bicyclic) bond motifs is 1. The summed E-state index contributed by atoms with van der Waals surface area (Å²) in [5.74, 6) is 0.567. The third kappa shape index (κ3) is 3.82. The van der Waals surface area contributed by atoms with E-state index in [9.17, 15) is 0 Å². The van der Waals surface area contributed by atoms with Crippen LogP contribution in [-0.2, 0) is 4.74 Å². The highest BCUT2D eigenvalue weighted by molar-refractivity contribution is 7.80. The maximum atomic E-state index is 5.56. The van der Waals surface area contributed by atoms with E-state index in [1.54, 1.807) is 7.11 Å². The van der Waals surface area contributed by atoms with Crippen molar-refractivity contribution in [3.8, 4) is 0 Å². The molecule has 1 aromatic carbocycles. The van der Waals surface area contributed by atoms with Gasteiger partial charge in [0.05, 0.1) is 17.1 Å². The van der Waals surface area contributed by atoms with Crippen LogP contribution in [0, 0.1) is 0 Å². The SMILES string of the molecule is COCCN(CCC(N)=S)c1nnc2ccccc2n1. The maximum Gasteiger partial charge on any atom is 0.246 e. The first kappa shape index (κ1) is 14.5. The van der Waals surface area contributed by atoms with Crippen LogP contribution in [0.15, 0.2) is 24.3 Å². The molecule has 0 fully saturated rings. The summed E-state index contributed by atoms with van der Waals surface area (Å²) < 4.78 is 5.11. The van der Waals surface area contributed by atoms with Gasteiger partial charge in [-0.25, -0.2) is 4.98 Å². The average molecular weight is 291 g/mol. The van der Waals surface area contributed by atoms with Crippen LogP contribution in [0.5, 0.6) is 0 Å². The van der Waals surface area contributed by atoms with Crippen LogP contribution in [0.4, 0.5) is 5.95 Å². The second kappa shape index (κ2) is 7.06. The summed E-state index contributed by atoms with van der Waals surface area (Å²) in [5.41, 5.74) is 7.15. The van der Waals surface area contributed by atoms with Gasteiger partial charge in [0.2, 0.25) is 5.95 Å². The fraction of sp³-hybridized carbons (Fsp3) is 0.385. The quantitative estimate of drug-likeness (QED) is 0.767. The van der Waals surface area contributed by atoms with Crippen LogP contribution in [0.2, 0.25) is 0 Å². The summed E-state index contributed by atoms with van der Waals surface area (Å²) in [5, 5.41) is 8.34. The van der Waals surface area contributed by atoms with Crippen molar-refractivity contribution < 1.29 is 4.74 Å². The number of methoxy groups -OCH3 is 1.